The molecule has 0 aromatic heterocycles. The van der Waals surface area contributed by atoms with Crippen LogP contribution >= 0.6 is 34.8 Å². The maximum atomic E-state index is 13.6. The monoisotopic (exact) mass is 324 g/mol. The Labute approximate surface area is 122 Å². The third kappa shape index (κ3) is 2.99. The van der Waals surface area contributed by atoms with Crippen LogP contribution in [0.25, 0.3) is 0 Å². The summed E-state index contributed by atoms with van der Waals surface area (Å²) in [6.07, 6.45) is 0. The first-order valence-electron chi connectivity index (χ1n) is 5.13. The summed E-state index contributed by atoms with van der Waals surface area (Å²) in [5.74, 6) is -3.36. The molecule has 0 fully saturated rings. The molecule has 100 valence electrons. The van der Waals surface area contributed by atoms with E-state index in [1.54, 1.807) is 0 Å². The Balaban J connectivity index is 2.46. The van der Waals surface area contributed by atoms with E-state index in [0.29, 0.717) is 16.7 Å². The Morgan fingerprint density at radius 3 is 2.05 bits per heavy atom. The first kappa shape index (κ1) is 14.5. The molecule has 0 radical (unpaired) electrons. The van der Waals surface area contributed by atoms with Gasteiger partial charge in [-0.25, -0.2) is 13.2 Å². The molecule has 2 rings (SSSR count). The Morgan fingerprint density at radius 1 is 0.789 bits per heavy atom. The van der Waals surface area contributed by atoms with Gasteiger partial charge in [0.25, 0.3) is 0 Å². The van der Waals surface area contributed by atoms with Crippen molar-refractivity contribution >= 4 is 34.8 Å². The van der Waals surface area contributed by atoms with Gasteiger partial charge in [0.2, 0.25) is 0 Å². The summed E-state index contributed by atoms with van der Waals surface area (Å²) in [5, 5.41) is -0.433. The molecule has 0 bridgehead atoms. The molecule has 0 spiro atoms. The predicted molar refractivity (Wildman–Crippen MR) is 70.5 cm³/mol. The van der Waals surface area contributed by atoms with Crippen molar-refractivity contribution < 1.29 is 13.2 Å². The summed E-state index contributed by atoms with van der Waals surface area (Å²) >= 11 is 17.6. The van der Waals surface area contributed by atoms with Crippen LogP contribution in [0, 0.1) is 17.5 Å². The van der Waals surface area contributed by atoms with E-state index < -0.39 is 22.8 Å². The molecular formula is C13H6Cl3F3. The zero-order valence-corrected chi connectivity index (χ0v) is 11.5. The topological polar surface area (TPSA) is 0 Å². The Morgan fingerprint density at radius 2 is 1.42 bits per heavy atom. The van der Waals surface area contributed by atoms with Crippen molar-refractivity contribution in [1.82, 2.24) is 0 Å². The molecule has 0 nitrogen and oxygen atoms in total. The molecule has 0 aliphatic rings. The van der Waals surface area contributed by atoms with Gasteiger partial charge in [-0.1, -0.05) is 29.3 Å². The van der Waals surface area contributed by atoms with Gasteiger partial charge in [0.1, 0.15) is 5.82 Å². The molecular weight excluding hydrogens is 319 g/mol. The molecule has 19 heavy (non-hydrogen) atoms. The van der Waals surface area contributed by atoms with E-state index in [2.05, 4.69) is 0 Å². The summed E-state index contributed by atoms with van der Waals surface area (Å²) in [6.45, 7) is 0. The summed E-state index contributed by atoms with van der Waals surface area (Å²) < 4.78 is 39.6. The van der Waals surface area contributed by atoms with Gasteiger partial charge in [-0.2, -0.15) is 0 Å². The van der Waals surface area contributed by atoms with Gasteiger partial charge in [0.05, 0.1) is 15.4 Å². The molecule has 0 N–H and O–H groups in total. The fourth-order valence-corrected chi connectivity index (χ4v) is 2.19. The van der Waals surface area contributed by atoms with E-state index in [9.17, 15) is 13.2 Å². The van der Waals surface area contributed by atoms with E-state index in [0.717, 1.165) is 6.07 Å². The van der Waals surface area contributed by atoms with Gasteiger partial charge < -0.3 is 0 Å². The van der Waals surface area contributed by atoms with Crippen LogP contribution in [-0.4, -0.2) is 0 Å². The summed E-state index contributed by atoms with van der Waals surface area (Å²) in [5.41, 5.74) is 0.264. The maximum absolute atomic E-state index is 13.6. The van der Waals surface area contributed by atoms with Crippen LogP contribution in [0.4, 0.5) is 13.2 Å². The highest BCUT2D eigenvalue weighted by molar-refractivity contribution is 6.42. The zero-order valence-electron chi connectivity index (χ0n) is 9.23. The van der Waals surface area contributed by atoms with Gasteiger partial charge in [0, 0.05) is 11.6 Å². The van der Waals surface area contributed by atoms with E-state index in [-0.39, 0.29) is 10.6 Å². The highest BCUT2D eigenvalue weighted by Crippen LogP contribution is 2.34. The smallest absolute Gasteiger partial charge is 0.161 e. The zero-order chi connectivity index (χ0) is 14.2. The Bertz CT molecular complexity index is 629. The Kier molecular flexibility index (Phi) is 4.29. The molecule has 0 saturated carbocycles. The predicted octanol–water partition coefficient (Wildman–Crippen LogP) is 5.74. The van der Waals surface area contributed by atoms with Gasteiger partial charge in [0.15, 0.2) is 11.6 Å². The second kappa shape index (κ2) is 5.61. The average molecular weight is 326 g/mol. The van der Waals surface area contributed by atoms with Crippen LogP contribution in [-0.2, 0) is 0 Å². The van der Waals surface area contributed by atoms with Crippen molar-refractivity contribution in [3.8, 4) is 0 Å². The fraction of sp³-hybridized carbons (Fsp3) is 0.0769. The summed E-state index contributed by atoms with van der Waals surface area (Å²) in [6, 6.07) is 5.66. The first-order valence-corrected chi connectivity index (χ1v) is 6.33. The number of benzene rings is 2. The second-order valence-electron chi connectivity index (χ2n) is 3.82. The van der Waals surface area contributed by atoms with Crippen molar-refractivity contribution in [3.05, 3.63) is 69.0 Å². The summed E-state index contributed by atoms with van der Waals surface area (Å²) in [7, 11) is 0. The van der Waals surface area contributed by atoms with Crippen LogP contribution in [0.5, 0.6) is 0 Å². The minimum Gasteiger partial charge on any atom is -0.207 e. The van der Waals surface area contributed by atoms with Crippen molar-refractivity contribution in [2.75, 3.05) is 0 Å². The van der Waals surface area contributed by atoms with Crippen LogP contribution in [0.15, 0.2) is 30.3 Å². The standard InChI is InChI=1S/C13H6Cl3F3/c14-8-2-1-6(3-9(8)15)13(16)7-4-11(18)12(19)5-10(7)17/h1-5,13H. The number of halogens is 6. The van der Waals surface area contributed by atoms with Gasteiger partial charge in [-0.05, 0) is 23.8 Å². The quantitative estimate of drug-likeness (QED) is 0.488. The minimum atomic E-state index is -1.26. The SMILES string of the molecule is Fc1cc(F)c(C(Cl)c2ccc(Cl)c(Cl)c2)cc1F. The maximum Gasteiger partial charge on any atom is 0.161 e. The number of hydrogen-bond acceptors (Lipinski definition) is 0. The van der Waals surface area contributed by atoms with Crippen LogP contribution < -0.4 is 0 Å². The summed E-state index contributed by atoms with van der Waals surface area (Å²) in [4.78, 5) is 0. The molecule has 2 aromatic rings. The number of rotatable bonds is 2. The fourth-order valence-electron chi connectivity index (χ4n) is 1.58. The van der Waals surface area contributed by atoms with Gasteiger partial charge in [-0.15, -0.1) is 11.6 Å². The largest absolute Gasteiger partial charge is 0.207 e. The van der Waals surface area contributed by atoms with Crippen molar-refractivity contribution in [2.45, 2.75) is 5.38 Å². The molecule has 0 saturated heterocycles. The number of hydrogen-bond donors (Lipinski definition) is 0. The average Bonchev–Trinajstić information content (AvgIpc) is 2.36. The highest BCUT2D eigenvalue weighted by atomic mass is 35.5. The molecule has 1 atom stereocenters. The third-order valence-corrected chi connectivity index (χ3v) is 3.78. The normalized spacial score (nSPS) is 12.5. The molecule has 0 aliphatic heterocycles. The van der Waals surface area contributed by atoms with E-state index in [1.807, 2.05) is 0 Å². The lowest BCUT2D eigenvalue weighted by Crippen LogP contribution is -2.00. The lowest BCUT2D eigenvalue weighted by atomic mass is 10.0. The molecule has 0 amide bonds. The second-order valence-corrected chi connectivity index (χ2v) is 5.07. The highest BCUT2D eigenvalue weighted by Gasteiger charge is 2.19. The van der Waals surface area contributed by atoms with Crippen molar-refractivity contribution in [2.24, 2.45) is 0 Å². The van der Waals surface area contributed by atoms with E-state index in [4.69, 9.17) is 34.8 Å². The molecule has 0 aliphatic carbocycles. The number of alkyl halides is 1. The van der Waals surface area contributed by atoms with Crippen molar-refractivity contribution in [3.63, 3.8) is 0 Å². The van der Waals surface area contributed by atoms with Crippen LogP contribution in [0.3, 0.4) is 0 Å². The van der Waals surface area contributed by atoms with Gasteiger partial charge >= 0.3 is 0 Å². The van der Waals surface area contributed by atoms with E-state index in [1.165, 1.54) is 18.2 Å². The molecule has 2 aromatic carbocycles. The molecule has 1 unspecified atom stereocenters. The lowest BCUT2D eigenvalue weighted by molar-refractivity contribution is 0.490. The lowest BCUT2D eigenvalue weighted by Gasteiger charge is -2.12. The van der Waals surface area contributed by atoms with Gasteiger partial charge in [-0.3, -0.25) is 0 Å². The van der Waals surface area contributed by atoms with Crippen LogP contribution in [0.2, 0.25) is 10.0 Å². The minimum absolute atomic E-state index is 0.168. The van der Waals surface area contributed by atoms with Crippen molar-refractivity contribution in [1.29, 1.82) is 0 Å². The first-order chi connectivity index (χ1) is 8.90. The van der Waals surface area contributed by atoms with Crippen LogP contribution in [0.1, 0.15) is 16.5 Å². The molecule has 6 heteroatoms. The van der Waals surface area contributed by atoms with E-state index >= 15 is 0 Å². The third-order valence-electron chi connectivity index (χ3n) is 2.55. The Hall–Kier alpha value is -0.900. The molecule has 0 heterocycles.